The van der Waals surface area contributed by atoms with Crippen molar-refractivity contribution >= 4 is 11.8 Å². The summed E-state index contributed by atoms with van der Waals surface area (Å²) in [6.45, 7) is 20.7. The number of ketones is 1. The van der Waals surface area contributed by atoms with Gasteiger partial charge in [-0.1, -0.05) is 64.8 Å². The minimum absolute atomic E-state index is 0.175. The van der Waals surface area contributed by atoms with Crippen molar-refractivity contribution in [1.29, 1.82) is 0 Å². The third-order valence-electron chi connectivity index (χ3n) is 12.3. The van der Waals surface area contributed by atoms with Crippen molar-refractivity contribution in [3.63, 3.8) is 0 Å². The molecule has 196 valence electrons. The number of allylic oxidation sites excluding steroid dienone is 2. The number of hydrogen-bond acceptors (Lipinski definition) is 3. The molecule has 0 bridgehead atoms. The van der Waals surface area contributed by atoms with Crippen molar-refractivity contribution in [3.8, 4) is 0 Å². The van der Waals surface area contributed by atoms with E-state index in [9.17, 15) is 9.59 Å². The maximum atomic E-state index is 12.8. The van der Waals surface area contributed by atoms with Crippen molar-refractivity contribution in [2.75, 3.05) is 7.11 Å². The molecule has 0 N–H and O–H groups in total. The Morgan fingerprint density at radius 2 is 1.69 bits per heavy atom. The molecule has 0 radical (unpaired) electrons. The molecular formula is C32H50O3. The Morgan fingerprint density at radius 1 is 1.00 bits per heavy atom. The van der Waals surface area contributed by atoms with Crippen molar-refractivity contribution in [2.24, 2.45) is 45.3 Å². The lowest BCUT2D eigenvalue weighted by molar-refractivity contribution is -0.143. The number of esters is 1. The van der Waals surface area contributed by atoms with Gasteiger partial charge in [0.05, 0.1) is 13.0 Å². The average molecular weight is 483 g/mol. The van der Waals surface area contributed by atoms with Crippen LogP contribution in [-0.2, 0) is 14.3 Å². The second-order valence-corrected chi connectivity index (χ2v) is 13.9. The molecule has 4 aliphatic rings. The number of carbonyl (C=O) groups excluding carboxylic acids is 2. The van der Waals surface area contributed by atoms with E-state index in [2.05, 4.69) is 48.1 Å². The molecule has 2 fully saturated rings. The van der Waals surface area contributed by atoms with Crippen molar-refractivity contribution in [1.82, 2.24) is 0 Å². The molecular weight excluding hydrogens is 432 g/mol. The number of Topliss-reactive ketones (excluding diaryl/α,β-unsaturated/α-hetero) is 1. The van der Waals surface area contributed by atoms with Gasteiger partial charge in [0.2, 0.25) is 0 Å². The van der Waals surface area contributed by atoms with Crippen LogP contribution < -0.4 is 0 Å². The first kappa shape index (κ1) is 26.7. The zero-order chi connectivity index (χ0) is 26.0. The van der Waals surface area contributed by atoms with Crippen LogP contribution >= 0.6 is 0 Å². The summed E-state index contributed by atoms with van der Waals surface area (Å²) in [4.78, 5) is 24.8. The zero-order valence-electron chi connectivity index (χ0n) is 23.8. The van der Waals surface area contributed by atoms with Gasteiger partial charge in [0.1, 0.15) is 5.78 Å². The average Bonchev–Trinajstić information content (AvgIpc) is 3.10. The lowest BCUT2D eigenvalue weighted by Crippen LogP contribution is -2.53. The van der Waals surface area contributed by atoms with E-state index in [1.54, 1.807) is 11.1 Å². The minimum Gasteiger partial charge on any atom is -0.469 e. The first-order valence-corrected chi connectivity index (χ1v) is 14.3. The molecule has 0 aromatic heterocycles. The van der Waals surface area contributed by atoms with Gasteiger partial charge in [0.15, 0.2) is 0 Å². The fourth-order valence-corrected chi connectivity index (χ4v) is 9.62. The summed E-state index contributed by atoms with van der Waals surface area (Å²) in [6, 6.07) is 0. The van der Waals surface area contributed by atoms with Crippen LogP contribution in [-0.4, -0.2) is 18.9 Å². The summed E-state index contributed by atoms with van der Waals surface area (Å²) < 4.78 is 4.93. The van der Waals surface area contributed by atoms with Gasteiger partial charge in [-0.05, 0) is 98.7 Å². The molecule has 2 saturated carbocycles. The molecule has 0 aliphatic heterocycles. The topological polar surface area (TPSA) is 43.4 Å². The van der Waals surface area contributed by atoms with Crippen LogP contribution in [0.15, 0.2) is 23.3 Å². The molecule has 0 spiro atoms. The second kappa shape index (κ2) is 8.88. The van der Waals surface area contributed by atoms with Gasteiger partial charge in [-0.3, -0.25) is 9.59 Å². The Kier molecular flexibility index (Phi) is 6.76. The van der Waals surface area contributed by atoms with Crippen LogP contribution in [0.1, 0.15) is 113 Å². The van der Waals surface area contributed by atoms with Gasteiger partial charge in [-0.15, -0.1) is 0 Å². The van der Waals surface area contributed by atoms with E-state index in [0.717, 1.165) is 31.3 Å². The van der Waals surface area contributed by atoms with Gasteiger partial charge in [0.25, 0.3) is 0 Å². The summed E-state index contributed by atoms with van der Waals surface area (Å²) in [6.07, 6.45) is 11.2. The maximum Gasteiger partial charge on any atom is 0.312 e. The molecule has 0 aromatic carbocycles. The van der Waals surface area contributed by atoms with Crippen LogP contribution in [0.4, 0.5) is 0 Å². The van der Waals surface area contributed by atoms with Crippen LogP contribution in [0.5, 0.6) is 0 Å². The van der Waals surface area contributed by atoms with Gasteiger partial charge in [0, 0.05) is 11.8 Å². The Morgan fingerprint density at radius 3 is 2.34 bits per heavy atom. The largest absolute Gasteiger partial charge is 0.469 e. The molecule has 2 unspecified atom stereocenters. The molecule has 4 rings (SSSR count). The summed E-state index contributed by atoms with van der Waals surface area (Å²) >= 11 is 0. The highest BCUT2D eigenvalue weighted by Gasteiger charge is 2.63. The number of methoxy groups -OCH3 is 1. The van der Waals surface area contributed by atoms with Crippen molar-refractivity contribution < 1.29 is 14.3 Å². The van der Waals surface area contributed by atoms with Crippen LogP contribution in [0.25, 0.3) is 0 Å². The first-order chi connectivity index (χ1) is 16.2. The number of rotatable bonds is 6. The Labute approximate surface area is 214 Å². The van der Waals surface area contributed by atoms with E-state index in [0.29, 0.717) is 29.0 Å². The van der Waals surface area contributed by atoms with Crippen LogP contribution in [0, 0.1) is 45.3 Å². The van der Waals surface area contributed by atoms with E-state index in [4.69, 9.17) is 4.74 Å². The minimum atomic E-state index is -0.221. The maximum absolute atomic E-state index is 12.8. The number of fused-ring (bicyclic) bond motifs is 4. The highest BCUT2D eigenvalue weighted by atomic mass is 16.5. The zero-order valence-corrected chi connectivity index (χ0v) is 23.8. The Hall–Kier alpha value is -1.38. The quantitative estimate of drug-likeness (QED) is 0.284. The van der Waals surface area contributed by atoms with Gasteiger partial charge >= 0.3 is 5.97 Å². The molecule has 0 saturated heterocycles. The van der Waals surface area contributed by atoms with E-state index < -0.39 is 0 Å². The Bertz CT molecular complexity index is 940. The van der Waals surface area contributed by atoms with E-state index >= 15 is 0 Å². The first-order valence-electron chi connectivity index (χ1n) is 14.3. The molecule has 0 aromatic rings. The molecule has 3 nitrogen and oxygen atoms in total. The predicted molar refractivity (Wildman–Crippen MR) is 143 cm³/mol. The summed E-state index contributed by atoms with van der Waals surface area (Å²) in [5, 5.41) is 0. The number of carbonyl (C=O) groups is 2. The van der Waals surface area contributed by atoms with Gasteiger partial charge in [-0.25, -0.2) is 0 Å². The highest BCUT2D eigenvalue weighted by Crippen LogP contribution is 2.72. The predicted octanol–water partition coefficient (Wildman–Crippen LogP) is 8.09. The normalized spacial score (nSPS) is 39.8. The summed E-state index contributed by atoms with van der Waals surface area (Å²) in [7, 11) is 1.46. The lowest BCUT2D eigenvalue weighted by atomic mass is 9.43. The second-order valence-electron chi connectivity index (χ2n) is 13.9. The number of ether oxygens (including phenoxy) is 1. The van der Waals surface area contributed by atoms with Crippen LogP contribution in [0.2, 0.25) is 0 Å². The van der Waals surface area contributed by atoms with E-state index in [-0.39, 0.29) is 28.1 Å². The van der Waals surface area contributed by atoms with Crippen LogP contribution in [0.3, 0.4) is 0 Å². The fraction of sp³-hybridized carbons (Fsp3) is 0.812. The van der Waals surface area contributed by atoms with Crippen molar-refractivity contribution in [3.05, 3.63) is 23.3 Å². The third kappa shape index (κ3) is 3.81. The fourth-order valence-electron chi connectivity index (χ4n) is 9.62. The number of hydrogen-bond donors (Lipinski definition) is 0. The summed E-state index contributed by atoms with van der Waals surface area (Å²) in [5.74, 6) is 1.89. The monoisotopic (exact) mass is 482 g/mol. The molecule has 0 amide bonds. The third-order valence-corrected chi connectivity index (χ3v) is 12.3. The van der Waals surface area contributed by atoms with E-state index in [1.165, 1.54) is 45.6 Å². The van der Waals surface area contributed by atoms with Gasteiger partial charge in [-0.2, -0.15) is 0 Å². The molecule has 35 heavy (non-hydrogen) atoms. The molecule has 3 heteroatoms. The smallest absolute Gasteiger partial charge is 0.312 e. The molecule has 0 heterocycles. The Balaban J connectivity index is 1.56. The lowest BCUT2D eigenvalue weighted by Gasteiger charge is -2.61. The SMILES string of the molecule is C=C(CC[C@@H](C)[C@H]1CC[C@@]2(C)C3=C(CC[C@]12C)[C@@]1(C)CCC(=O)C(C)(C)C1CC3)C(C)C(=O)OC. The molecule has 7 atom stereocenters. The molecule has 4 aliphatic carbocycles. The van der Waals surface area contributed by atoms with Crippen molar-refractivity contribution in [2.45, 2.75) is 113 Å². The van der Waals surface area contributed by atoms with Gasteiger partial charge < -0.3 is 4.74 Å². The van der Waals surface area contributed by atoms with E-state index in [1.807, 2.05) is 6.92 Å². The standard InChI is InChI=1S/C32H50O3/c1-20(22(3)28(34)35-9)10-11-21(2)23-14-18-32(8)25-12-13-26-29(4,5)27(33)16-17-30(26,6)24(25)15-19-31(23,32)7/h21-23,26H,1,10-19H2,2-9H3/t21-,22?,23-,26?,30-,31-,32+/m1/s1. The summed E-state index contributed by atoms with van der Waals surface area (Å²) in [5.41, 5.74) is 5.14. The highest BCUT2D eigenvalue weighted by molar-refractivity contribution is 5.85.